The lowest BCUT2D eigenvalue weighted by Gasteiger charge is -2.06. The number of rotatable bonds is 3. The topological polar surface area (TPSA) is 72.2 Å². The van der Waals surface area contributed by atoms with Crippen molar-refractivity contribution in [2.75, 3.05) is 5.32 Å². The predicted molar refractivity (Wildman–Crippen MR) is 80.2 cm³/mol. The molecular weight excluding hydrogens is 378 g/mol. The van der Waals surface area contributed by atoms with Crippen LogP contribution in [0.1, 0.15) is 10.4 Å². The summed E-state index contributed by atoms with van der Waals surface area (Å²) >= 11 is 2.11. The van der Waals surface area contributed by atoms with Crippen molar-refractivity contribution in [3.8, 4) is 0 Å². The molecular formula is C13H8FIN2O3. The van der Waals surface area contributed by atoms with E-state index < -0.39 is 16.6 Å². The molecule has 0 radical (unpaired) electrons. The zero-order valence-corrected chi connectivity index (χ0v) is 12.1. The van der Waals surface area contributed by atoms with Crippen LogP contribution < -0.4 is 5.32 Å². The molecule has 0 spiro atoms. The van der Waals surface area contributed by atoms with Crippen LogP contribution in [0.3, 0.4) is 0 Å². The van der Waals surface area contributed by atoms with Gasteiger partial charge in [0, 0.05) is 21.4 Å². The fraction of sp³-hybridized carbons (Fsp3) is 0. The van der Waals surface area contributed by atoms with E-state index in [1.165, 1.54) is 0 Å². The lowest BCUT2D eigenvalue weighted by atomic mass is 10.1. The molecule has 102 valence electrons. The number of anilines is 1. The monoisotopic (exact) mass is 386 g/mol. The first-order valence-electron chi connectivity index (χ1n) is 5.48. The number of nitro groups is 1. The second-order valence-corrected chi connectivity index (χ2v) is 5.13. The van der Waals surface area contributed by atoms with Crippen LogP contribution in [0.5, 0.6) is 0 Å². The third kappa shape index (κ3) is 3.29. The molecule has 0 aliphatic carbocycles. The highest BCUT2D eigenvalue weighted by atomic mass is 127. The Morgan fingerprint density at radius 1 is 1.20 bits per heavy atom. The molecule has 0 aliphatic heterocycles. The van der Waals surface area contributed by atoms with Crippen LogP contribution in [0.2, 0.25) is 0 Å². The molecule has 0 saturated heterocycles. The van der Waals surface area contributed by atoms with Crippen LogP contribution in [0, 0.1) is 19.5 Å². The van der Waals surface area contributed by atoms with Crippen LogP contribution >= 0.6 is 22.6 Å². The first kappa shape index (κ1) is 14.4. The van der Waals surface area contributed by atoms with Gasteiger partial charge in [-0.2, -0.15) is 0 Å². The minimum absolute atomic E-state index is 0.334. The standard InChI is InChI=1S/C13H8FIN2O3/c14-12-6-5-10(17(19)20)7-11(12)13(18)16-9-3-1-8(15)2-4-9/h1-7H,(H,16,18). The summed E-state index contributed by atoms with van der Waals surface area (Å²) in [7, 11) is 0. The number of amides is 1. The SMILES string of the molecule is O=C(Nc1ccc(I)cc1)c1cc([N+](=O)[O-])ccc1F. The summed E-state index contributed by atoms with van der Waals surface area (Å²) in [6.45, 7) is 0. The maximum Gasteiger partial charge on any atom is 0.270 e. The first-order chi connectivity index (χ1) is 9.47. The van der Waals surface area contributed by atoms with Gasteiger partial charge in [0.1, 0.15) is 5.82 Å². The Balaban J connectivity index is 2.26. The molecule has 0 atom stereocenters. The molecule has 0 fully saturated rings. The quantitative estimate of drug-likeness (QED) is 0.498. The van der Waals surface area contributed by atoms with E-state index in [1.54, 1.807) is 24.3 Å². The lowest BCUT2D eigenvalue weighted by molar-refractivity contribution is -0.384. The molecule has 0 aliphatic rings. The highest BCUT2D eigenvalue weighted by Crippen LogP contribution is 2.19. The van der Waals surface area contributed by atoms with Crippen molar-refractivity contribution in [1.29, 1.82) is 0 Å². The number of nitrogens with zero attached hydrogens (tertiary/aromatic N) is 1. The van der Waals surface area contributed by atoms with Gasteiger partial charge in [0.25, 0.3) is 11.6 Å². The van der Waals surface area contributed by atoms with E-state index in [9.17, 15) is 19.3 Å². The van der Waals surface area contributed by atoms with E-state index in [-0.39, 0.29) is 11.3 Å². The Bertz CT molecular complexity index is 674. The van der Waals surface area contributed by atoms with Crippen LogP contribution in [0.25, 0.3) is 0 Å². The van der Waals surface area contributed by atoms with Crippen molar-refractivity contribution in [3.63, 3.8) is 0 Å². The van der Waals surface area contributed by atoms with Gasteiger partial charge in [-0.25, -0.2) is 4.39 Å². The minimum Gasteiger partial charge on any atom is -0.322 e. The zero-order valence-electron chi connectivity index (χ0n) is 9.97. The Morgan fingerprint density at radius 2 is 1.85 bits per heavy atom. The molecule has 1 N–H and O–H groups in total. The Labute approximate surface area is 127 Å². The number of non-ortho nitro benzene ring substituents is 1. The molecule has 0 saturated carbocycles. The molecule has 0 bridgehead atoms. The molecule has 2 aromatic rings. The molecule has 0 aromatic heterocycles. The molecule has 7 heteroatoms. The van der Waals surface area contributed by atoms with E-state index >= 15 is 0 Å². The van der Waals surface area contributed by atoms with E-state index in [0.29, 0.717) is 5.69 Å². The van der Waals surface area contributed by atoms with Crippen LogP contribution in [0.15, 0.2) is 42.5 Å². The van der Waals surface area contributed by atoms with Gasteiger partial charge in [-0.3, -0.25) is 14.9 Å². The molecule has 5 nitrogen and oxygen atoms in total. The summed E-state index contributed by atoms with van der Waals surface area (Å²) in [5.41, 5.74) is -0.210. The number of nitrogens with one attached hydrogen (secondary N) is 1. The second kappa shape index (κ2) is 5.95. The molecule has 20 heavy (non-hydrogen) atoms. The predicted octanol–water partition coefficient (Wildman–Crippen LogP) is 3.59. The maximum atomic E-state index is 13.6. The van der Waals surface area contributed by atoms with Crippen molar-refractivity contribution in [2.24, 2.45) is 0 Å². The number of nitro benzene ring substituents is 1. The highest BCUT2D eigenvalue weighted by Gasteiger charge is 2.17. The fourth-order valence-corrected chi connectivity index (χ4v) is 1.89. The van der Waals surface area contributed by atoms with E-state index in [2.05, 4.69) is 27.9 Å². The van der Waals surface area contributed by atoms with Crippen molar-refractivity contribution >= 4 is 39.9 Å². The largest absolute Gasteiger partial charge is 0.322 e. The summed E-state index contributed by atoms with van der Waals surface area (Å²) in [6, 6.07) is 9.71. The second-order valence-electron chi connectivity index (χ2n) is 3.88. The summed E-state index contributed by atoms with van der Waals surface area (Å²) < 4.78 is 14.6. The molecule has 1 amide bonds. The van der Waals surface area contributed by atoms with Crippen molar-refractivity contribution < 1.29 is 14.1 Å². The number of halogens is 2. The lowest BCUT2D eigenvalue weighted by Crippen LogP contribution is -2.14. The van der Waals surface area contributed by atoms with Crippen molar-refractivity contribution in [3.05, 3.63) is 67.5 Å². The van der Waals surface area contributed by atoms with E-state index in [0.717, 1.165) is 21.8 Å². The van der Waals surface area contributed by atoms with Crippen molar-refractivity contribution in [1.82, 2.24) is 0 Å². The Hall–Kier alpha value is -2.03. The highest BCUT2D eigenvalue weighted by molar-refractivity contribution is 14.1. The number of hydrogen-bond donors (Lipinski definition) is 1. The van der Waals surface area contributed by atoms with Gasteiger partial charge in [-0.1, -0.05) is 0 Å². The normalized spacial score (nSPS) is 10.1. The summed E-state index contributed by atoms with van der Waals surface area (Å²) in [4.78, 5) is 21.9. The smallest absolute Gasteiger partial charge is 0.270 e. The Kier molecular flexibility index (Phi) is 4.28. The number of carbonyl (C=O) groups excluding carboxylic acids is 1. The van der Waals surface area contributed by atoms with Gasteiger partial charge in [-0.05, 0) is 52.9 Å². The fourth-order valence-electron chi connectivity index (χ4n) is 1.53. The zero-order chi connectivity index (χ0) is 14.7. The third-order valence-corrected chi connectivity index (χ3v) is 3.23. The Morgan fingerprint density at radius 3 is 2.45 bits per heavy atom. The summed E-state index contributed by atoms with van der Waals surface area (Å²) in [5.74, 6) is -1.54. The third-order valence-electron chi connectivity index (χ3n) is 2.51. The van der Waals surface area contributed by atoms with Crippen molar-refractivity contribution in [2.45, 2.75) is 0 Å². The minimum atomic E-state index is -0.807. The van der Waals surface area contributed by atoms with E-state index in [1.807, 2.05) is 0 Å². The molecule has 2 aromatic carbocycles. The summed E-state index contributed by atoms with van der Waals surface area (Å²) in [6.07, 6.45) is 0. The van der Waals surface area contributed by atoms with Gasteiger partial charge in [0.2, 0.25) is 0 Å². The van der Waals surface area contributed by atoms with Gasteiger partial charge in [-0.15, -0.1) is 0 Å². The number of benzene rings is 2. The van der Waals surface area contributed by atoms with Gasteiger partial charge in [0.05, 0.1) is 10.5 Å². The molecule has 0 heterocycles. The van der Waals surface area contributed by atoms with Gasteiger partial charge in [0.15, 0.2) is 0 Å². The number of carbonyl (C=O) groups is 1. The summed E-state index contributed by atoms with van der Waals surface area (Å²) in [5, 5.41) is 13.1. The average Bonchev–Trinajstić information content (AvgIpc) is 2.41. The van der Waals surface area contributed by atoms with Crippen LogP contribution in [-0.2, 0) is 0 Å². The molecule has 2 rings (SSSR count). The van der Waals surface area contributed by atoms with Crippen LogP contribution in [0.4, 0.5) is 15.8 Å². The number of hydrogen-bond acceptors (Lipinski definition) is 3. The first-order valence-corrected chi connectivity index (χ1v) is 6.56. The van der Waals surface area contributed by atoms with Crippen LogP contribution in [-0.4, -0.2) is 10.8 Å². The van der Waals surface area contributed by atoms with E-state index in [4.69, 9.17) is 0 Å². The van der Waals surface area contributed by atoms with Gasteiger partial charge >= 0.3 is 0 Å². The van der Waals surface area contributed by atoms with Gasteiger partial charge < -0.3 is 5.32 Å². The maximum absolute atomic E-state index is 13.6. The molecule has 0 unspecified atom stereocenters. The average molecular weight is 386 g/mol.